The molecule has 1 nitrogen and oxygen atoms in total. The van der Waals surface area contributed by atoms with Crippen molar-refractivity contribution in [3.63, 3.8) is 0 Å². The van der Waals surface area contributed by atoms with Crippen molar-refractivity contribution in [3.8, 4) is 0 Å². The van der Waals surface area contributed by atoms with Crippen LogP contribution in [0.25, 0.3) is 0 Å². The van der Waals surface area contributed by atoms with Gasteiger partial charge in [0.15, 0.2) is 0 Å². The van der Waals surface area contributed by atoms with Gasteiger partial charge in [0.1, 0.15) is 0 Å². The van der Waals surface area contributed by atoms with Gasteiger partial charge in [-0.25, -0.2) is 0 Å². The van der Waals surface area contributed by atoms with Gasteiger partial charge in [-0.1, -0.05) is 103 Å². The molecule has 1 heterocycles. The maximum Gasteiger partial charge on any atom is 0.0357 e. The van der Waals surface area contributed by atoms with Crippen molar-refractivity contribution in [2.75, 3.05) is 13.1 Å². The first-order valence-corrected chi connectivity index (χ1v) is 10.0. The molecule has 0 N–H and O–H groups in total. The summed E-state index contributed by atoms with van der Waals surface area (Å²) in [5.74, 6) is 0. The highest BCUT2D eigenvalue weighted by Gasteiger charge is 1.99. The molecule has 0 atom stereocenters. The van der Waals surface area contributed by atoms with Crippen molar-refractivity contribution in [1.82, 2.24) is 4.90 Å². The van der Waals surface area contributed by atoms with E-state index in [1.54, 1.807) is 0 Å². The predicted molar refractivity (Wildman–Crippen MR) is 100 cm³/mol. The lowest BCUT2D eigenvalue weighted by atomic mass is 10.0. The predicted octanol–water partition coefficient (Wildman–Crippen LogP) is 6.85. The van der Waals surface area contributed by atoms with Crippen molar-refractivity contribution >= 4 is 0 Å². The molecule has 128 valence electrons. The summed E-state index contributed by atoms with van der Waals surface area (Å²) in [7, 11) is 0. The Morgan fingerprint density at radius 2 is 1.14 bits per heavy atom. The van der Waals surface area contributed by atoms with Crippen LogP contribution in [0.2, 0.25) is 0 Å². The van der Waals surface area contributed by atoms with Gasteiger partial charge in [-0.3, -0.25) is 0 Å². The van der Waals surface area contributed by atoms with Gasteiger partial charge in [-0.2, -0.15) is 0 Å². The molecule has 1 rings (SSSR count). The largest absolute Gasteiger partial charge is 0.374 e. The number of allylic oxidation sites excluding steroid dienone is 2. The van der Waals surface area contributed by atoms with Crippen molar-refractivity contribution in [2.45, 2.75) is 96.8 Å². The molecule has 0 aromatic rings. The molecular weight excluding hydrogens is 266 g/mol. The maximum absolute atomic E-state index is 2.42. The number of nitrogens with zero attached hydrogens (tertiary/aromatic N) is 1. The number of hydrogen-bond acceptors (Lipinski definition) is 1. The minimum absolute atomic E-state index is 1.11. The summed E-state index contributed by atoms with van der Waals surface area (Å²) in [6.07, 6.45) is 28.9. The van der Waals surface area contributed by atoms with E-state index in [1.807, 2.05) is 0 Å². The van der Waals surface area contributed by atoms with Crippen LogP contribution in [0.1, 0.15) is 96.8 Å². The summed E-state index contributed by atoms with van der Waals surface area (Å²) in [6, 6.07) is 0. The average molecular weight is 306 g/mol. The van der Waals surface area contributed by atoms with Crippen molar-refractivity contribution < 1.29 is 0 Å². The zero-order valence-corrected chi connectivity index (χ0v) is 15.1. The van der Waals surface area contributed by atoms with Crippen LogP contribution in [0.3, 0.4) is 0 Å². The van der Waals surface area contributed by atoms with Crippen LogP contribution in [0, 0.1) is 0 Å². The van der Waals surface area contributed by atoms with Crippen molar-refractivity contribution in [3.05, 3.63) is 24.4 Å². The minimum Gasteiger partial charge on any atom is -0.374 e. The summed E-state index contributed by atoms with van der Waals surface area (Å²) in [5, 5.41) is 0. The molecular formula is C21H39N. The third-order valence-corrected chi connectivity index (χ3v) is 4.68. The minimum atomic E-state index is 1.11. The highest BCUT2D eigenvalue weighted by Crippen LogP contribution is 2.13. The van der Waals surface area contributed by atoms with Gasteiger partial charge in [-0.05, 0) is 18.7 Å². The van der Waals surface area contributed by atoms with E-state index in [4.69, 9.17) is 0 Å². The molecule has 0 radical (unpaired) electrons. The first-order chi connectivity index (χ1) is 10.9. The summed E-state index contributed by atoms with van der Waals surface area (Å²) >= 11 is 0. The second kappa shape index (κ2) is 15.2. The lowest BCUT2D eigenvalue weighted by Crippen LogP contribution is -2.19. The monoisotopic (exact) mass is 305 g/mol. The topological polar surface area (TPSA) is 3.24 Å². The fourth-order valence-electron chi connectivity index (χ4n) is 3.18. The lowest BCUT2D eigenvalue weighted by molar-refractivity contribution is 0.392. The molecule has 0 aromatic heterocycles. The first-order valence-electron chi connectivity index (χ1n) is 10.0. The Morgan fingerprint density at radius 1 is 0.636 bits per heavy atom. The number of rotatable bonds is 15. The highest BCUT2D eigenvalue weighted by atomic mass is 15.1. The molecule has 0 aromatic carbocycles. The van der Waals surface area contributed by atoms with E-state index in [9.17, 15) is 0 Å². The molecule has 0 fully saturated rings. The van der Waals surface area contributed by atoms with E-state index in [-0.39, 0.29) is 0 Å². The molecule has 0 saturated carbocycles. The molecule has 0 spiro atoms. The van der Waals surface area contributed by atoms with Gasteiger partial charge in [0.25, 0.3) is 0 Å². The zero-order valence-electron chi connectivity index (χ0n) is 15.1. The fraction of sp³-hybridized carbons (Fsp3) is 0.810. The molecule has 22 heavy (non-hydrogen) atoms. The summed E-state index contributed by atoms with van der Waals surface area (Å²) in [5.41, 5.74) is 0. The number of hydrogen-bond donors (Lipinski definition) is 0. The van der Waals surface area contributed by atoms with E-state index in [1.165, 1.54) is 96.4 Å². The van der Waals surface area contributed by atoms with Crippen LogP contribution in [-0.4, -0.2) is 18.0 Å². The molecule has 1 aliphatic heterocycles. The molecule has 0 unspecified atom stereocenters. The van der Waals surface area contributed by atoms with E-state index in [0.29, 0.717) is 0 Å². The molecule has 0 aliphatic carbocycles. The Hall–Kier alpha value is -0.720. The van der Waals surface area contributed by atoms with Gasteiger partial charge < -0.3 is 4.90 Å². The van der Waals surface area contributed by atoms with Crippen LogP contribution < -0.4 is 0 Å². The van der Waals surface area contributed by atoms with Gasteiger partial charge in [0, 0.05) is 13.1 Å². The van der Waals surface area contributed by atoms with Gasteiger partial charge in [-0.15, -0.1) is 0 Å². The lowest BCUT2D eigenvalue weighted by Gasteiger charge is -2.20. The van der Waals surface area contributed by atoms with Gasteiger partial charge in [0.05, 0.1) is 0 Å². The highest BCUT2D eigenvalue weighted by molar-refractivity contribution is 5.08. The normalized spacial score (nSPS) is 14.0. The molecule has 1 heteroatoms. The molecule has 0 saturated heterocycles. The maximum atomic E-state index is 2.42. The van der Waals surface area contributed by atoms with Crippen LogP contribution in [0.5, 0.6) is 0 Å². The van der Waals surface area contributed by atoms with Gasteiger partial charge >= 0.3 is 0 Å². The Balaban J connectivity index is 1.69. The Bertz CT molecular complexity index is 280. The fourth-order valence-corrected chi connectivity index (χ4v) is 3.18. The first kappa shape index (κ1) is 19.3. The van der Waals surface area contributed by atoms with E-state index in [0.717, 1.165) is 6.54 Å². The number of unbranched alkanes of at least 4 members (excludes halogenated alkanes) is 13. The molecule has 0 amide bonds. The third-order valence-electron chi connectivity index (χ3n) is 4.68. The summed E-state index contributed by atoms with van der Waals surface area (Å²) in [6.45, 7) is 4.63. The Labute approximate surface area is 139 Å². The molecule has 1 aliphatic rings. The summed E-state index contributed by atoms with van der Waals surface area (Å²) < 4.78 is 0. The Morgan fingerprint density at radius 3 is 1.59 bits per heavy atom. The van der Waals surface area contributed by atoms with E-state index in [2.05, 4.69) is 36.3 Å². The van der Waals surface area contributed by atoms with Crippen LogP contribution in [0.15, 0.2) is 24.4 Å². The third kappa shape index (κ3) is 11.9. The van der Waals surface area contributed by atoms with Gasteiger partial charge in [0.2, 0.25) is 0 Å². The van der Waals surface area contributed by atoms with E-state index >= 15 is 0 Å². The quantitative estimate of drug-likeness (QED) is 0.299. The van der Waals surface area contributed by atoms with Crippen molar-refractivity contribution in [2.24, 2.45) is 0 Å². The standard InChI is InChI=1S/C21H39N/c1-2-3-4-5-6-7-8-9-10-11-12-13-14-16-19-22-20-17-15-18-21-22/h15,17-18,20H,2-14,16,19,21H2,1H3. The average Bonchev–Trinajstić information content (AvgIpc) is 2.56. The van der Waals surface area contributed by atoms with Crippen molar-refractivity contribution in [1.29, 1.82) is 0 Å². The van der Waals surface area contributed by atoms with Crippen LogP contribution >= 0.6 is 0 Å². The second-order valence-corrected chi connectivity index (χ2v) is 6.86. The smallest absolute Gasteiger partial charge is 0.0357 e. The molecule has 0 bridgehead atoms. The zero-order chi connectivity index (χ0) is 15.7. The van der Waals surface area contributed by atoms with Crippen LogP contribution in [-0.2, 0) is 0 Å². The summed E-state index contributed by atoms with van der Waals surface area (Å²) in [4.78, 5) is 2.42. The Kier molecular flexibility index (Phi) is 13.3. The van der Waals surface area contributed by atoms with E-state index < -0.39 is 0 Å². The SMILES string of the molecule is CCCCCCCCCCCCCCCCN1C=CC=CC1. The second-order valence-electron chi connectivity index (χ2n) is 6.86. The van der Waals surface area contributed by atoms with Crippen LogP contribution in [0.4, 0.5) is 0 Å².